The number of thioether (sulfide) groups is 1. The van der Waals surface area contributed by atoms with Crippen LogP contribution in [0, 0.1) is 12.3 Å². The Kier molecular flexibility index (Phi) is 6.38. The molecular weight excluding hydrogens is 292 g/mol. The van der Waals surface area contributed by atoms with Gasteiger partial charge < -0.3 is 5.32 Å². The Balaban J connectivity index is 2.69. The van der Waals surface area contributed by atoms with Crippen molar-refractivity contribution in [2.45, 2.75) is 26.2 Å². The van der Waals surface area contributed by atoms with Crippen molar-refractivity contribution in [3.63, 3.8) is 0 Å². The van der Waals surface area contributed by atoms with Crippen LogP contribution < -0.4 is 5.32 Å². The molecule has 1 aromatic heterocycles. The molecule has 3 nitrogen and oxygen atoms in total. The molecule has 20 heavy (non-hydrogen) atoms. The van der Waals surface area contributed by atoms with Crippen molar-refractivity contribution in [1.82, 2.24) is 10.3 Å². The summed E-state index contributed by atoms with van der Waals surface area (Å²) in [6.45, 7) is 6.67. The van der Waals surface area contributed by atoms with E-state index >= 15 is 0 Å². The summed E-state index contributed by atoms with van der Waals surface area (Å²) < 4.78 is 0. The fourth-order valence-electron chi connectivity index (χ4n) is 1.48. The molecule has 0 spiro atoms. The van der Waals surface area contributed by atoms with Crippen molar-refractivity contribution in [2.24, 2.45) is 0 Å². The van der Waals surface area contributed by atoms with Crippen LogP contribution in [0.5, 0.6) is 0 Å². The third-order valence-electron chi connectivity index (χ3n) is 2.54. The lowest BCUT2D eigenvalue weighted by Crippen LogP contribution is -2.26. The molecule has 1 N–H and O–H groups in total. The summed E-state index contributed by atoms with van der Waals surface area (Å²) in [5, 5.41) is 3.19. The minimum Gasteiger partial charge on any atom is -0.351 e. The van der Waals surface area contributed by atoms with Crippen LogP contribution >= 0.6 is 23.4 Å². The van der Waals surface area contributed by atoms with Gasteiger partial charge in [0.25, 0.3) is 5.91 Å². The fraction of sp³-hybridized carbons (Fsp3) is 0.467. The number of pyridine rings is 1. The van der Waals surface area contributed by atoms with E-state index in [9.17, 15) is 4.79 Å². The number of carbonyl (C=O) groups excluding carboxylic acids is 1. The van der Waals surface area contributed by atoms with Gasteiger partial charge in [-0.15, -0.1) is 18.2 Å². The van der Waals surface area contributed by atoms with Crippen LogP contribution in [0.2, 0.25) is 5.15 Å². The number of halogens is 1. The lowest BCUT2D eigenvalue weighted by Gasteiger charge is -2.18. The average Bonchev–Trinajstić information content (AvgIpc) is 2.36. The summed E-state index contributed by atoms with van der Waals surface area (Å²) >= 11 is 7.60. The van der Waals surface area contributed by atoms with Gasteiger partial charge in [0.15, 0.2) is 0 Å². The molecule has 108 valence electrons. The van der Waals surface area contributed by atoms with E-state index in [1.807, 2.05) is 20.8 Å². The summed E-state index contributed by atoms with van der Waals surface area (Å²) in [5.74, 6) is 3.86. The number of rotatable bonds is 5. The van der Waals surface area contributed by atoms with Gasteiger partial charge in [0, 0.05) is 29.0 Å². The summed E-state index contributed by atoms with van der Waals surface area (Å²) in [5.41, 5.74) is 1.19. The van der Waals surface area contributed by atoms with Crippen LogP contribution in [0.25, 0.3) is 0 Å². The predicted octanol–water partition coefficient (Wildman–Crippen LogP) is 3.13. The predicted molar refractivity (Wildman–Crippen MR) is 86.4 cm³/mol. The largest absolute Gasteiger partial charge is 0.351 e. The Morgan fingerprint density at radius 1 is 1.50 bits per heavy atom. The Hall–Kier alpha value is -1.18. The van der Waals surface area contributed by atoms with Gasteiger partial charge in [-0.1, -0.05) is 38.3 Å². The van der Waals surface area contributed by atoms with Crippen molar-refractivity contribution < 1.29 is 4.79 Å². The topological polar surface area (TPSA) is 42.0 Å². The van der Waals surface area contributed by atoms with Crippen molar-refractivity contribution in [1.29, 1.82) is 0 Å². The maximum absolute atomic E-state index is 12.1. The lowest BCUT2D eigenvalue weighted by molar-refractivity contribution is 0.0956. The molecule has 0 aliphatic rings. The molecule has 0 aromatic carbocycles. The number of hydrogen-bond acceptors (Lipinski definition) is 3. The fourth-order valence-corrected chi connectivity index (χ4v) is 2.20. The quantitative estimate of drug-likeness (QED) is 0.516. The smallest absolute Gasteiger partial charge is 0.251 e. The zero-order valence-corrected chi connectivity index (χ0v) is 13.6. The lowest BCUT2D eigenvalue weighted by atomic mass is 9.91. The van der Waals surface area contributed by atoms with E-state index in [2.05, 4.69) is 16.2 Å². The summed E-state index contributed by atoms with van der Waals surface area (Å²) in [7, 11) is 0. The van der Waals surface area contributed by atoms with Gasteiger partial charge in [-0.05, 0) is 12.1 Å². The van der Waals surface area contributed by atoms with Gasteiger partial charge in [0.05, 0.1) is 5.75 Å². The highest BCUT2D eigenvalue weighted by Crippen LogP contribution is 2.23. The first-order chi connectivity index (χ1) is 9.34. The Bertz CT molecular complexity index is 518. The van der Waals surface area contributed by atoms with Crippen molar-refractivity contribution in [3.05, 3.63) is 28.5 Å². The van der Waals surface area contributed by atoms with Crippen LogP contribution in [0.1, 0.15) is 36.8 Å². The summed E-state index contributed by atoms with van der Waals surface area (Å²) in [6.07, 6.45) is 5.16. The van der Waals surface area contributed by atoms with Crippen LogP contribution in [0.4, 0.5) is 0 Å². The van der Waals surface area contributed by atoms with E-state index in [1.54, 1.807) is 23.9 Å². The normalized spacial score (nSPS) is 10.9. The van der Waals surface area contributed by atoms with E-state index < -0.39 is 0 Å². The minimum absolute atomic E-state index is 0.138. The van der Waals surface area contributed by atoms with E-state index in [0.717, 1.165) is 11.4 Å². The number of nitrogens with one attached hydrogen (secondary N) is 1. The molecule has 0 aliphatic heterocycles. The van der Waals surface area contributed by atoms with Crippen LogP contribution in [0.15, 0.2) is 12.1 Å². The zero-order valence-electron chi connectivity index (χ0n) is 12.0. The minimum atomic E-state index is -0.150. The molecule has 0 fully saturated rings. The molecule has 1 aromatic rings. The van der Waals surface area contributed by atoms with Gasteiger partial charge in [-0.3, -0.25) is 4.79 Å². The Morgan fingerprint density at radius 2 is 2.20 bits per heavy atom. The Labute approximate surface area is 129 Å². The van der Waals surface area contributed by atoms with Crippen molar-refractivity contribution >= 4 is 29.3 Å². The second-order valence-electron chi connectivity index (χ2n) is 5.33. The van der Waals surface area contributed by atoms with E-state index in [0.29, 0.717) is 23.0 Å². The molecule has 0 aliphatic carbocycles. The molecule has 0 bridgehead atoms. The molecule has 0 saturated carbocycles. The molecule has 0 saturated heterocycles. The first kappa shape index (κ1) is 16.9. The summed E-state index contributed by atoms with van der Waals surface area (Å²) in [6, 6.07) is 3.37. The third-order valence-corrected chi connectivity index (χ3v) is 3.60. The number of carbonyl (C=O) groups is 1. The monoisotopic (exact) mass is 310 g/mol. The van der Waals surface area contributed by atoms with Crippen LogP contribution in [-0.2, 0) is 5.41 Å². The third kappa shape index (κ3) is 5.44. The number of amides is 1. The van der Waals surface area contributed by atoms with Crippen LogP contribution in [0.3, 0.4) is 0 Å². The van der Waals surface area contributed by atoms with Gasteiger partial charge in [-0.25, -0.2) is 4.98 Å². The van der Waals surface area contributed by atoms with Crippen molar-refractivity contribution in [3.8, 4) is 12.3 Å². The maximum atomic E-state index is 12.1. The first-order valence-corrected chi connectivity index (χ1v) is 7.85. The van der Waals surface area contributed by atoms with E-state index in [4.69, 9.17) is 18.0 Å². The SMILES string of the molecule is C#CCSCCNC(=O)c1cc(Cl)nc(C(C)(C)C)c1. The van der Waals surface area contributed by atoms with E-state index in [1.165, 1.54) is 0 Å². The zero-order chi connectivity index (χ0) is 15.2. The second-order valence-corrected chi connectivity index (χ2v) is 6.82. The van der Waals surface area contributed by atoms with Gasteiger partial charge >= 0.3 is 0 Å². The second kappa shape index (κ2) is 7.56. The molecule has 0 atom stereocenters. The Morgan fingerprint density at radius 3 is 2.80 bits per heavy atom. The molecule has 1 amide bonds. The number of hydrogen-bond donors (Lipinski definition) is 1. The van der Waals surface area contributed by atoms with E-state index in [-0.39, 0.29) is 11.3 Å². The molecule has 0 radical (unpaired) electrons. The number of aromatic nitrogens is 1. The summed E-state index contributed by atoms with van der Waals surface area (Å²) in [4.78, 5) is 16.3. The van der Waals surface area contributed by atoms with Gasteiger partial charge in [0.2, 0.25) is 0 Å². The van der Waals surface area contributed by atoms with Gasteiger partial charge in [0.1, 0.15) is 5.15 Å². The molecule has 1 heterocycles. The first-order valence-electron chi connectivity index (χ1n) is 6.32. The standard InChI is InChI=1S/C15H19ClN2OS/c1-5-7-20-8-6-17-14(19)11-9-12(15(2,3)4)18-13(16)10-11/h1,9-10H,6-8H2,2-4H3,(H,17,19). The van der Waals surface area contributed by atoms with Crippen LogP contribution in [-0.4, -0.2) is 28.9 Å². The van der Waals surface area contributed by atoms with Gasteiger partial charge in [-0.2, -0.15) is 0 Å². The average molecular weight is 311 g/mol. The molecule has 0 unspecified atom stereocenters. The number of terminal acetylenes is 1. The highest BCUT2D eigenvalue weighted by atomic mass is 35.5. The van der Waals surface area contributed by atoms with Crippen molar-refractivity contribution in [2.75, 3.05) is 18.1 Å². The maximum Gasteiger partial charge on any atom is 0.251 e. The highest BCUT2D eigenvalue weighted by molar-refractivity contribution is 7.99. The highest BCUT2D eigenvalue weighted by Gasteiger charge is 2.18. The molecule has 1 rings (SSSR count). The molecule has 5 heteroatoms. The number of nitrogens with zero attached hydrogens (tertiary/aromatic N) is 1. The molecular formula is C15H19ClN2OS.